The Balaban J connectivity index is 2.41. The zero-order valence-electron chi connectivity index (χ0n) is 10.4. The summed E-state index contributed by atoms with van der Waals surface area (Å²) in [5.74, 6) is 0.672. The van der Waals surface area contributed by atoms with Gasteiger partial charge in [0, 0.05) is 6.54 Å². The van der Waals surface area contributed by atoms with Gasteiger partial charge in [0.15, 0.2) is 0 Å². The van der Waals surface area contributed by atoms with E-state index in [1.54, 1.807) is 36.2 Å². The number of ether oxygens (including phenoxy) is 1. The van der Waals surface area contributed by atoms with Crippen molar-refractivity contribution in [2.45, 2.75) is 19.4 Å². The number of nitrogens with zero attached hydrogens (tertiary/aromatic N) is 2. The maximum atomic E-state index is 12.2. The topological polar surface area (TPSA) is 44.1 Å². The van der Waals surface area contributed by atoms with Gasteiger partial charge in [0.1, 0.15) is 5.75 Å². The highest BCUT2D eigenvalue weighted by Crippen LogP contribution is 2.15. The van der Waals surface area contributed by atoms with Crippen molar-refractivity contribution in [1.29, 1.82) is 0 Å². The number of aryl methyl sites for hydroxylation is 1. The average Bonchev–Trinajstić information content (AvgIpc) is 2.41. The second-order valence-electron chi connectivity index (χ2n) is 4.06. The van der Waals surface area contributed by atoms with Crippen LogP contribution in [0.1, 0.15) is 12.8 Å². The quantitative estimate of drug-likeness (QED) is 0.599. The van der Waals surface area contributed by atoms with Crippen LogP contribution in [0.3, 0.4) is 0 Å². The molecule has 0 aliphatic rings. The Labute approximate surface area is 106 Å². The smallest absolute Gasteiger partial charge is 0.261 e. The summed E-state index contributed by atoms with van der Waals surface area (Å²) in [6.07, 6.45) is 5.23. The Hall–Kier alpha value is -2.10. The van der Waals surface area contributed by atoms with E-state index in [2.05, 4.69) is 11.6 Å². The molecule has 0 unspecified atom stereocenters. The normalized spacial score (nSPS) is 10.5. The molecule has 4 nitrogen and oxygen atoms in total. The van der Waals surface area contributed by atoms with Crippen LogP contribution in [0, 0.1) is 0 Å². The Morgan fingerprint density at radius 1 is 1.50 bits per heavy atom. The molecule has 0 bridgehead atoms. The average molecular weight is 244 g/mol. The number of unbranched alkanes of at least 4 members (excludes halogenated alkanes) is 1. The van der Waals surface area contributed by atoms with Crippen molar-refractivity contribution < 1.29 is 4.74 Å². The van der Waals surface area contributed by atoms with Crippen LogP contribution < -0.4 is 10.3 Å². The number of hydrogen-bond acceptors (Lipinski definition) is 3. The van der Waals surface area contributed by atoms with Gasteiger partial charge in [-0.15, -0.1) is 6.58 Å². The van der Waals surface area contributed by atoms with E-state index >= 15 is 0 Å². The van der Waals surface area contributed by atoms with Crippen LogP contribution >= 0.6 is 0 Å². The van der Waals surface area contributed by atoms with Gasteiger partial charge in [-0.3, -0.25) is 9.36 Å². The Kier molecular flexibility index (Phi) is 3.77. The minimum atomic E-state index is -0.0250. The lowest BCUT2D eigenvalue weighted by molar-refractivity contribution is 0.415. The van der Waals surface area contributed by atoms with Gasteiger partial charge in [-0.25, -0.2) is 4.98 Å². The van der Waals surface area contributed by atoms with Crippen molar-refractivity contribution in [1.82, 2.24) is 9.55 Å². The highest BCUT2D eigenvalue weighted by Gasteiger charge is 2.05. The molecule has 1 aromatic carbocycles. The third-order valence-corrected chi connectivity index (χ3v) is 2.84. The third kappa shape index (κ3) is 2.42. The second kappa shape index (κ2) is 5.49. The van der Waals surface area contributed by atoms with Crippen LogP contribution in [-0.2, 0) is 6.54 Å². The van der Waals surface area contributed by atoms with E-state index in [1.807, 2.05) is 6.08 Å². The summed E-state index contributed by atoms with van der Waals surface area (Å²) < 4.78 is 6.76. The molecule has 0 saturated carbocycles. The zero-order chi connectivity index (χ0) is 13.0. The largest absolute Gasteiger partial charge is 0.497 e. The molecule has 2 rings (SSSR count). The van der Waals surface area contributed by atoms with Gasteiger partial charge in [0.2, 0.25) is 0 Å². The standard InChI is InChI=1S/C14H16N2O2/c1-3-4-5-8-16-10-15-13-7-6-11(18-2)9-12(13)14(16)17/h3,6-7,9-10H,1,4-5,8H2,2H3. The molecule has 0 aliphatic heterocycles. The highest BCUT2D eigenvalue weighted by atomic mass is 16.5. The van der Waals surface area contributed by atoms with Crippen molar-refractivity contribution in [3.05, 3.63) is 47.5 Å². The molecule has 0 spiro atoms. The van der Waals surface area contributed by atoms with Crippen LogP contribution in [0.25, 0.3) is 10.9 Å². The lowest BCUT2D eigenvalue weighted by Gasteiger charge is -2.06. The maximum Gasteiger partial charge on any atom is 0.261 e. The second-order valence-corrected chi connectivity index (χ2v) is 4.06. The number of aromatic nitrogens is 2. The van der Waals surface area contributed by atoms with Gasteiger partial charge in [-0.2, -0.15) is 0 Å². The number of allylic oxidation sites excluding steroid dienone is 1. The molecular weight excluding hydrogens is 228 g/mol. The van der Waals surface area contributed by atoms with Crippen molar-refractivity contribution in [3.8, 4) is 5.75 Å². The van der Waals surface area contributed by atoms with Crippen LogP contribution in [0.4, 0.5) is 0 Å². The number of rotatable bonds is 5. The van der Waals surface area contributed by atoms with E-state index < -0.39 is 0 Å². The van der Waals surface area contributed by atoms with E-state index in [9.17, 15) is 4.79 Å². The SMILES string of the molecule is C=CCCCn1cnc2ccc(OC)cc2c1=O. The summed E-state index contributed by atoms with van der Waals surface area (Å²) in [5, 5.41) is 0.593. The summed E-state index contributed by atoms with van der Waals surface area (Å²) in [6.45, 7) is 4.33. The molecule has 0 saturated heterocycles. The van der Waals surface area contributed by atoms with E-state index in [1.165, 1.54) is 0 Å². The van der Waals surface area contributed by atoms with E-state index in [0.717, 1.165) is 12.8 Å². The van der Waals surface area contributed by atoms with E-state index in [0.29, 0.717) is 23.2 Å². The molecule has 0 aliphatic carbocycles. The van der Waals surface area contributed by atoms with Crippen molar-refractivity contribution >= 4 is 10.9 Å². The van der Waals surface area contributed by atoms with Gasteiger partial charge in [0.25, 0.3) is 5.56 Å². The highest BCUT2D eigenvalue weighted by molar-refractivity contribution is 5.78. The molecule has 0 fully saturated rings. The van der Waals surface area contributed by atoms with Gasteiger partial charge < -0.3 is 4.74 Å². The summed E-state index contributed by atoms with van der Waals surface area (Å²) in [5.41, 5.74) is 0.670. The fourth-order valence-corrected chi connectivity index (χ4v) is 1.83. The Bertz CT molecular complexity index is 617. The van der Waals surface area contributed by atoms with Crippen molar-refractivity contribution in [2.24, 2.45) is 0 Å². The molecule has 4 heteroatoms. The lowest BCUT2D eigenvalue weighted by atomic mass is 10.2. The first-order valence-corrected chi connectivity index (χ1v) is 5.90. The first-order chi connectivity index (χ1) is 8.76. The van der Waals surface area contributed by atoms with Crippen molar-refractivity contribution in [2.75, 3.05) is 7.11 Å². The number of fused-ring (bicyclic) bond motifs is 1. The predicted molar refractivity (Wildman–Crippen MR) is 72.0 cm³/mol. The molecule has 2 aromatic rings. The summed E-state index contributed by atoms with van der Waals surface area (Å²) in [6, 6.07) is 5.33. The van der Waals surface area contributed by atoms with E-state index in [4.69, 9.17) is 4.74 Å². The number of benzene rings is 1. The number of methoxy groups -OCH3 is 1. The Morgan fingerprint density at radius 2 is 2.33 bits per heavy atom. The predicted octanol–water partition coefficient (Wildman–Crippen LogP) is 2.37. The third-order valence-electron chi connectivity index (χ3n) is 2.84. The first-order valence-electron chi connectivity index (χ1n) is 5.90. The molecule has 0 atom stereocenters. The number of hydrogen-bond donors (Lipinski definition) is 0. The molecule has 1 aromatic heterocycles. The fourth-order valence-electron chi connectivity index (χ4n) is 1.83. The van der Waals surface area contributed by atoms with Gasteiger partial charge >= 0.3 is 0 Å². The fraction of sp³-hybridized carbons (Fsp3) is 0.286. The molecule has 0 amide bonds. The molecular formula is C14H16N2O2. The van der Waals surface area contributed by atoms with Gasteiger partial charge in [-0.1, -0.05) is 6.08 Å². The zero-order valence-corrected chi connectivity index (χ0v) is 10.4. The van der Waals surface area contributed by atoms with E-state index in [-0.39, 0.29) is 5.56 Å². The summed E-state index contributed by atoms with van der Waals surface area (Å²) in [4.78, 5) is 16.5. The monoisotopic (exact) mass is 244 g/mol. The van der Waals surface area contributed by atoms with Crippen LogP contribution in [0.5, 0.6) is 5.75 Å². The Morgan fingerprint density at radius 3 is 3.06 bits per heavy atom. The molecule has 18 heavy (non-hydrogen) atoms. The minimum Gasteiger partial charge on any atom is -0.497 e. The minimum absolute atomic E-state index is 0.0250. The summed E-state index contributed by atoms with van der Waals surface area (Å²) in [7, 11) is 1.58. The first kappa shape index (κ1) is 12.4. The maximum absolute atomic E-state index is 12.2. The van der Waals surface area contributed by atoms with Gasteiger partial charge in [0.05, 0.1) is 24.3 Å². The van der Waals surface area contributed by atoms with Crippen LogP contribution in [0.2, 0.25) is 0 Å². The van der Waals surface area contributed by atoms with Gasteiger partial charge in [-0.05, 0) is 31.0 Å². The van der Waals surface area contributed by atoms with Crippen molar-refractivity contribution in [3.63, 3.8) is 0 Å². The molecule has 94 valence electrons. The van der Waals surface area contributed by atoms with Crippen LogP contribution in [-0.4, -0.2) is 16.7 Å². The lowest BCUT2D eigenvalue weighted by Crippen LogP contribution is -2.20. The molecule has 0 radical (unpaired) electrons. The van der Waals surface area contributed by atoms with Crippen LogP contribution in [0.15, 0.2) is 42.0 Å². The molecule has 0 N–H and O–H groups in total. The molecule has 1 heterocycles. The summed E-state index contributed by atoms with van der Waals surface area (Å²) >= 11 is 0.